The number of carbonyl (C=O) groups is 1. The average Bonchev–Trinajstić information content (AvgIpc) is 2.53. The predicted molar refractivity (Wildman–Crippen MR) is 81.5 cm³/mol. The van der Waals surface area contributed by atoms with Crippen molar-refractivity contribution in [1.29, 1.82) is 0 Å². The van der Waals surface area contributed by atoms with E-state index in [0.717, 1.165) is 24.7 Å². The number of hydrogen-bond acceptors (Lipinski definition) is 6. The molecule has 0 aliphatic carbocycles. The van der Waals surface area contributed by atoms with E-state index in [1.165, 1.54) is 0 Å². The summed E-state index contributed by atoms with van der Waals surface area (Å²) in [6.45, 7) is 9.28. The summed E-state index contributed by atoms with van der Waals surface area (Å²) in [7, 11) is 0. The van der Waals surface area contributed by atoms with Crippen molar-refractivity contribution in [3.63, 3.8) is 0 Å². The third-order valence-electron chi connectivity index (χ3n) is 3.21. The minimum atomic E-state index is -0.242. The Morgan fingerprint density at radius 1 is 1.43 bits per heavy atom. The van der Waals surface area contributed by atoms with Crippen LogP contribution in [0, 0.1) is 0 Å². The summed E-state index contributed by atoms with van der Waals surface area (Å²) >= 11 is 0. The third-order valence-corrected chi connectivity index (χ3v) is 3.21. The van der Waals surface area contributed by atoms with Crippen molar-refractivity contribution in [2.45, 2.75) is 6.92 Å². The summed E-state index contributed by atoms with van der Waals surface area (Å²) in [4.78, 5) is 24.0. The van der Waals surface area contributed by atoms with Crippen LogP contribution >= 0.6 is 0 Å². The van der Waals surface area contributed by atoms with Crippen LogP contribution in [0.15, 0.2) is 25.0 Å². The highest BCUT2D eigenvalue weighted by Gasteiger charge is 2.22. The van der Waals surface area contributed by atoms with E-state index in [-0.39, 0.29) is 6.09 Å². The van der Waals surface area contributed by atoms with Crippen molar-refractivity contribution in [3.05, 3.63) is 25.0 Å². The molecule has 114 valence electrons. The fourth-order valence-electron chi connectivity index (χ4n) is 2.13. The van der Waals surface area contributed by atoms with Crippen LogP contribution in [0.5, 0.6) is 0 Å². The topological polar surface area (TPSA) is 70.6 Å². The van der Waals surface area contributed by atoms with E-state index in [1.807, 2.05) is 13.0 Å². The first-order valence-electron chi connectivity index (χ1n) is 7.08. The maximum Gasteiger partial charge on any atom is 0.409 e. The second kappa shape index (κ2) is 7.47. The van der Waals surface area contributed by atoms with Crippen molar-refractivity contribution in [2.24, 2.45) is 0 Å². The van der Waals surface area contributed by atoms with Crippen molar-refractivity contribution in [3.8, 4) is 0 Å². The summed E-state index contributed by atoms with van der Waals surface area (Å²) in [6, 6.07) is 1.91. The van der Waals surface area contributed by atoms with E-state index in [4.69, 9.17) is 4.74 Å². The average molecular weight is 291 g/mol. The summed E-state index contributed by atoms with van der Waals surface area (Å²) in [6.07, 6.45) is 3.08. The normalized spacial score (nSPS) is 14.7. The highest BCUT2D eigenvalue weighted by molar-refractivity contribution is 5.68. The molecule has 1 amide bonds. The van der Waals surface area contributed by atoms with Crippen LogP contribution in [0.25, 0.3) is 0 Å². The Morgan fingerprint density at radius 3 is 2.86 bits per heavy atom. The van der Waals surface area contributed by atoms with Gasteiger partial charge in [-0.25, -0.2) is 14.8 Å². The van der Waals surface area contributed by atoms with Gasteiger partial charge in [0, 0.05) is 38.8 Å². The number of aromatic nitrogens is 2. The molecule has 1 saturated heterocycles. The summed E-state index contributed by atoms with van der Waals surface area (Å²) in [5.41, 5.74) is 0. The Bertz CT molecular complexity index is 486. The van der Waals surface area contributed by atoms with Gasteiger partial charge in [0.2, 0.25) is 0 Å². The molecule has 0 aromatic carbocycles. The van der Waals surface area contributed by atoms with Gasteiger partial charge in [-0.1, -0.05) is 6.08 Å². The third kappa shape index (κ3) is 4.08. The van der Waals surface area contributed by atoms with E-state index in [9.17, 15) is 4.79 Å². The van der Waals surface area contributed by atoms with Crippen LogP contribution in [0.1, 0.15) is 6.92 Å². The lowest BCUT2D eigenvalue weighted by molar-refractivity contribution is 0.105. The first-order chi connectivity index (χ1) is 10.2. The zero-order chi connectivity index (χ0) is 15.1. The van der Waals surface area contributed by atoms with Gasteiger partial charge in [0.05, 0.1) is 6.61 Å². The van der Waals surface area contributed by atoms with Gasteiger partial charge in [-0.05, 0) is 6.92 Å². The fraction of sp³-hybridized carbons (Fsp3) is 0.500. The SMILES string of the molecule is C=CCNc1cc(N2CCN(C(=O)OCC)CC2)ncn1. The van der Waals surface area contributed by atoms with Crippen molar-refractivity contribution in [2.75, 3.05) is 49.5 Å². The van der Waals surface area contributed by atoms with Gasteiger partial charge in [-0.15, -0.1) is 6.58 Å². The highest BCUT2D eigenvalue weighted by atomic mass is 16.6. The van der Waals surface area contributed by atoms with Gasteiger partial charge in [-0.2, -0.15) is 0 Å². The lowest BCUT2D eigenvalue weighted by Gasteiger charge is -2.34. The quantitative estimate of drug-likeness (QED) is 0.826. The zero-order valence-electron chi connectivity index (χ0n) is 12.3. The van der Waals surface area contributed by atoms with E-state index in [0.29, 0.717) is 26.2 Å². The molecule has 1 aliphatic rings. The van der Waals surface area contributed by atoms with Crippen LogP contribution in [0.2, 0.25) is 0 Å². The lowest BCUT2D eigenvalue weighted by atomic mass is 10.3. The summed E-state index contributed by atoms with van der Waals surface area (Å²) in [5, 5.41) is 3.14. The molecule has 0 bridgehead atoms. The first kappa shape index (κ1) is 15.1. The summed E-state index contributed by atoms with van der Waals surface area (Å²) < 4.78 is 5.01. The van der Waals surface area contributed by atoms with Crippen LogP contribution < -0.4 is 10.2 Å². The molecule has 0 atom stereocenters. The molecule has 7 nitrogen and oxygen atoms in total. The van der Waals surface area contributed by atoms with Gasteiger partial charge < -0.3 is 19.9 Å². The maximum atomic E-state index is 11.7. The molecule has 7 heteroatoms. The van der Waals surface area contributed by atoms with E-state index >= 15 is 0 Å². The largest absolute Gasteiger partial charge is 0.450 e. The smallest absolute Gasteiger partial charge is 0.409 e. The molecule has 1 aromatic rings. The molecule has 2 heterocycles. The van der Waals surface area contributed by atoms with Crippen LogP contribution in [-0.4, -0.2) is 60.3 Å². The van der Waals surface area contributed by atoms with Gasteiger partial charge in [0.15, 0.2) is 0 Å². The standard InChI is InChI=1S/C14H21N5O2/c1-3-5-15-12-10-13(17-11-16-12)18-6-8-19(9-7-18)14(20)21-4-2/h3,10-11H,1,4-9H2,2H3,(H,15,16,17). The zero-order valence-corrected chi connectivity index (χ0v) is 12.3. The number of ether oxygens (including phenoxy) is 1. The van der Waals surface area contributed by atoms with E-state index in [1.54, 1.807) is 17.3 Å². The van der Waals surface area contributed by atoms with Gasteiger partial charge in [0.1, 0.15) is 18.0 Å². The molecule has 0 unspecified atom stereocenters. The molecule has 21 heavy (non-hydrogen) atoms. The Hall–Kier alpha value is -2.31. The molecule has 1 aliphatic heterocycles. The number of hydrogen-bond donors (Lipinski definition) is 1. The van der Waals surface area contributed by atoms with Crippen molar-refractivity contribution in [1.82, 2.24) is 14.9 Å². The Balaban J connectivity index is 1.92. The minimum absolute atomic E-state index is 0.242. The van der Waals surface area contributed by atoms with Crippen molar-refractivity contribution >= 4 is 17.7 Å². The molecule has 1 aromatic heterocycles. The molecule has 0 saturated carbocycles. The molecule has 1 fully saturated rings. The van der Waals surface area contributed by atoms with E-state index in [2.05, 4.69) is 26.8 Å². The van der Waals surface area contributed by atoms with Gasteiger partial charge >= 0.3 is 6.09 Å². The number of piperazine rings is 1. The van der Waals surface area contributed by atoms with Gasteiger partial charge in [0.25, 0.3) is 0 Å². The molecule has 2 rings (SSSR count). The van der Waals surface area contributed by atoms with Crippen LogP contribution in [0.3, 0.4) is 0 Å². The van der Waals surface area contributed by atoms with Crippen LogP contribution in [-0.2, 0) is 4.74 Å². The lowest BCUT2D eigenvalue weighted by Crippen LogP contribution is -2.49. The number of anilines is 2. The second-order valence-corrected chi connectivity index (χ2v) is 4.60. The number of rotatable bonds is 5. The predicted octanol–water partition coefficient (Wildman–Crippen LogP) is 1.35. The van der Waals surface area contributed by atoms with Gasteiger partial charge in [-0.3, -0.25) is 0 Å². The van der Waals surface area contributed by atoms with E-state index < -0.39 is 0 Å². The molecule has 0 spiro atoms. The number of amides is 1. The minimum Gasteiger partial charge on any atom is -0.450 e. The summed E-state index contributed by atoms with van der Waals surface area (Å²) in [5.74, 6) is 1.63. The maximum absolute atomic E-state index is 11.7. The molecule has 0 radical (unpaired) electrons. The molecular formula is C14H21N5O2. The van der Waals surface area contributed by atoms with Crippen molar-refractivity contribution < 1.29 is 9.53 Å². The molecular weight excluding hydrogens is 270 g/mol. The molecule has 1 N–H and O–H groups in total. The Labute approximate surface area is 124 Å². The number of nitrogens with zero attached hydrogens (tertiary/aromatic N) is 4. The Kier molecular flexibility index (Phi) is 5.36. The monoisotopic (exact) mass is 291 g/mol. The van der Waals surface area contributed by atoms with Crippen LogP contribution in [0.4, 0.5) is 16.4 Å². The first-order valence-corrected chi connectivity index (χ1v) is 7.08. The number of carbonyl (C=O) groups excluding carboxylic acids is 1. The number of nitrogens with one attached hydrogen (secondary N) is 1. The second-order valence-electron chi connectivity index (χ2n) is 4.60. The Morgan fingerprint density at radius 2 is 2.19 bits per heavy atom. The highest BCUT2D eigenvalue weighted by Crippen LogP contribution is 2.16. The fourth-order valence-corrected chi connectivity index (χ4v) is 2.13.